The molecule has 2 amide bonds. The minimum atomic E-state index is -0.233. The first-order valence-corrected chi connectivity index (χ1v) is 9.52. The number of nitrogens with one attached hydrogen (secondary N) is 3. The second-order valence-corrected chi connectivity index (χ2v) is 6.69. The van der Waals surface area contributed by atoms with Gasteiger partial charge in [-0.1, -0.05) is 12.1 Å². The molecule has 0 saturated carbocycles. The number of nitrogen functional groups attached to an aromatic ring is 1. The first-order valence-electron chi connectivity index (χ1n) is 9.52. The summed E-state index contributed by atoms with van der Waals surface area (Å²) >= 11 is 0. The van der Waals surface area contributed by atoms with Gasteiger partial charge < -0.3 is 26.1 Å². The zero-order valence-electron chi connectivity index (χ0n) is 16.7. The van der Waals surface area contributed by atoms with Crippen LogP contribution in [0.5, 0.6) is 5.75 Å². The quantitative estimate of drug-likeness (QED) is 0.402. The monoisotopic (exact) mass is 402 g/mol. The van der Waals surface area contributed by atoms with E-state index in [4.69, 9.17) is 10.5 Å². The van der Waals surface area contributed by atoms with Crippen molar-refractivity contribution in [3.05, 3.63) is 54.7 Å². The predicted molar refractivity (Wildman–Crippen MR) is 118 cm³/mol. The normalized spacial score (nSPS) is 10.7. The summed E-state index contributed by atoms with van der Waals surface area (Å²) in [7, 11) is 1.63. The van der Waals surface area contributed by atoms with Crippen LogP contribution in [-0.2, 0) is 0 Å². The molecular weight excluding hydrogens is 380 g/mol. The van der Waals surface area contributed by atoms with E-state index in [2.05, 4.69) is 25.6 Å². The Kier molecular flexibility index (Phi) is 5.21. The zero-order chi connectivity index (χ0) is 21.1. The lowest BCUT2D eigenvalue weighted by Crippen LogP contribution is -2.28. The molecule has 0 radical (unpaired) electrons. The van der Waals surface area contributed by atoms with Gasteiger partial charge in [0.1, 0.15) is 17.4 Å². The summed E-state index contributed by atoms with van der Waals surface area (Å²) in [6, 6.07) is 14.9. The number of nitrogens with two attached hydrogens (primary N) is 1. The third kappa shape index (κ3) is 3.88. The van der Waals surface area contributed by atoms with Gasteiger partial charge in [0.05, 0.1) is 23.7 Å². The number of hydrogen-bond donors (Lipinski definition) is 4. The molecule has 2 aromatic heterocycles. The van der Waals surface area contributed by atoms with Gasteiger partial charge >= 0.3 is 6.03 Å². The first kappa shape index (κ1) is 19.3. The lowest BCUT2D eigenvalue weighted by molar-refractivity contribution is 0.252. The number of imidazole rings is 1. The standard InChI is InChI=1S/C22H22N6O2/c1-3-24-22(29)26-15-6-4-13(5-7-15)14-10-17(20(23)25-12-14)21-27-18-9-8-16(30-2)11-19(18)28-21/h4-12H,3H2,1-2H3,(H2,23,25)(H,27,28)(H2,24,26,29). The highest BCUT2D eigenvalue weighted by Gasteiger charge is 2.12. The van der Waals surface area contributed by atoms with Crippen LogP contribution < -0.4 is 21.1 Å². The van der Waals surface area contributed by atoms with Gasteiger partial charge in [0.2, 0.25) is 0 Å². The molecule has 5 N–H and O–H groups in total. The summed E-state index contributed by atoms with van der Waals surface area (Å²) in [5.41, 5.74) is 11.1. The average molecular weight is 402 g/mol. The Bertz CT molecular complexity index is 1200. The Morgan fingerprint density at radius 2 is 1.93 bits per heavy atom. The summed E-state index contributed by atoms with van der Waals surface area (Å²) in [6.07, 6.45) is 1.72. The maximum absolute atomic E-state index is 11.7. The van der Waals surface area contributed by atoms with Gasteiger partial charge in [-0.3, -0.25) is 0 Å². The molecule has 2 aromatic carbocycles. The van der Waals surface area contributed by atoms with E-state index < -0.39 is 0 Å². The summed E-state index contributed by atoms with van der Waals surface area (Å²) in [5.74, 6) is 1.78. The average Bonchev–Trinajstić information content (AvgIpc) is 3.18. The van der Waals surface area contributed by atoms with Gasteiger partial charge in [-0.2, -0.15) is 0 Å². The molecule has 0 unspecified atom stereocenters. The number of anilines is 2. The Balaban J connectivity index is 1.64. The van der Waals surface area contributed by atoms with E-state index in [0.717, 1.165) is 27.9 Å². The molecule has 0 spiro atoms. The molecule has 4 rings (SSSR count). The van der Waals surface area contributed by atoms with Crippen LogP contribution in [0, 0.1) is 0 Å². The van der Waals surface area contributed by atoms with Crippen molar-refractivity contribution in [3.8, 4) is 28.3 Å². The van der Waals surface area contributed by atoms with Gasteiger partial charge in [-0.25, -0.2) is 14.8 Å². The van der Waals surface area contributed by atoms with Crippen LogP contribution in [0.25, 0.3) is 33.5 Å². The Hall–Kier alpha value is -4.07. The number of ether oxygens (including phenoxy) is 1. The van der Waals surface area contributed by atoms with Gasteiger partial charge in [-0.05, 0) is 42.8 Å². The fourth-order valence-electron chi connectivity index (χ4n) is 3.15. The van der Waals surface area contributed by atoms with Crippen molar-refractivity contribution >= 4 is 28.6 Å². The fourth-order valence-corrected chi connectivity index (χ4v) is 3.15. The number of amides is 2. The number of nitrogens with zero attached hydrogens (tertiary/aromatic N) is 2. The molecule has 0 aliphatic heterocycles. The highest BCUT2D eigenvalue weighted by Crippen LogP contribution is 2.30. The van der Waals surface area contributed by atoms with Crippen molar-refractivity contribution in [3.63, 3.8) is 0 Å². The second kappa shape index (κ2) is 8.12. The van der Waals surface area contributed by atoms with Crippen LogP contribution in [0.3, 0.4) is 0 Å². The first-order chi connectivity index (χ1) is 14.6. The Morgan fingerprint density at radius 1 is 1.13 bits per heavy atom. The Labute approximate surface area is 173 Å². The number of H-pyrrole nitrogens is 1. The minimum Gasteiger partial charge on any atom is -0.497 e. The number of aromatic amines is 1. The number of fused-ring (bicyclic) bond motifs is 1. The van der Waals surface area contributed by atoms with Crippen molar-refractivity contribution in [2.24, 2.45) is 0 Å². The maximum atomic E-state index is 11.7. The lowest BCUT2D eigenvalue weighted by atomic mass is 10.0. The summed E-state index contributed by atoms with van der Waals surface area (Å²) in [5, 5.41) is 5.48. The van der Waals surface area contributed by atoms with E-state index in [0.29, 0.717) is 29.4 Å². The molecule has 8 heteroatoms. The molecule has 0 fully saturated rings. The number of hydrogen-bond acceptors (Lipinski definition) is 5. The van der Waals surface area contributed by atoms with E-state index in [-0.39, 0.29) is 6.03 Å². The van der Waals surface area contributed by atoms with Gasteiger partial charge in [0.15, 0.2) is 0 Å². The second-order valence-electron chi connectivity index (χ2n) is 6.69. The fraction of sp³-hybridized carbons (Fsp3) is 0.136. The molecule has 4 aromatic rings. The van der Waals surface area contributed by atoms with Crippen LogP contribution in [0.4, 0.5) is 16.3 Å². The third-order valence-electron chi connectivity index (χ3n) is 4.68. The van der Waals surface area contributed by atoms with Crippen molar-refractivity contribution in [1.82, 2.24) is 20.3 Å². The van der Waals surface area contributed by atoms with Crippen LogP contribution >= 0.6 is 0 Å². The maximum Gasteiger partial charge on any atom is 0.319 e. The smallest absolute Gasteiger partial charge is 0.319 e. The van der Waals surface area contributed by atoms with Crippen LogP contribution in [-0.4, -0.2) is 34.6 Å². The number of benzene rings is 2. The molecule has 0 aliphatic rings. The summed E-state index contributed by atoms with van der Waals surface area (Å²) in [6.45, 7) is 2.44. The number of pyridine rings is 1. The number of rotatable bonds is 5. The molecular formula is C22H22N6O2. The highest BCUT2D eigenvalue weighted by atomic mass is 16.5. The SMILES string of the molecule is CCNC(=O)Nc1ccc(-c2cnc(N)c(-c3nc4ccc(OC)cc4[nH]3)c2)cc1. The Morgan fingerprint density at radius 3 is 2.67 bits per heavy atom. The largest absolute Gasteiger partial charge is 0.497 e. The van der Waals surface area contributed by atoms with Crippen molar-refractivity contribution < 1.29 is 9.53 Å². The number of aromatic nitrogens is 3. The van der Waals surface area contributed by atoms with E-state index >= 15 is 0 Å². The van der Waals surface area contributed by atoms with Gasteiger partial charge in [-0.15, -0.1) is 0 Å². The number of methoxy groups -OCH3 is 1. The van der Waals surface area contributed by atoms with Crippen LogP contribution in [0.15, 0.2) is 54.7 Å². The predicted octanol–water partition coefficient (Wildman–Crippen LogP) is 4.02. The molecule has 0 bridgehead atoms. The van der Waals surface area contributed by atoms with Gasteiger partial charge in [0.25, 0.3) is 0 Å². The van der Waals surface area contributed by atoms with Crippen molar-refractivity contribution in [2.75, 3.05) is 24.7 Å². The molecule has 0 atom stereocenters. The third-order valence-corrected chi connectivity index (χ3v) is 4.68. The summed E-state index contributed by atoms with van der Waals surface area (Å²) in [4.78, 5) is 23.9. The summed E-state index contributed by atoms with van der Waals surface area (Å²) < 4.78 is 5.27. The number of carbonyl (C=O) groups excluding carboxylic acids is 1. The molecule has 0 saturated heterocycles. The van der Waals surface area contributed by atoms with Crippen LogP contribution in [0.2, 0.25) is 0 Å². The zero-order valence-corrected chi connectivity index (χ0v) is 16.7. The van der Waals surface area contributed by atoms with Crippen molar-refractivity contribution in [2.45, 2.75) is 6.92 Å². The van der Waals surface area contributed by atoms with E-state index in [1.807, 2.05) is 55.5 Å². The van der Waals surface area contributed by atoms with E-state index in [1.165, 1.54) is 0 Å². The van der Waals surface area contributed by atoms with E-state index in [9.17, 15) is 4.79 Å². The lowest BCUT2D eigenvalue weighted by Gasteiger charge is -2.09. The minimum absolute atomic E-state index is 0.233. The highest BCUT2D eigenvalue weighted by molar-refractivity contribution is 5.89. The molecule has 152 valence electrons. The topological polar surface area (TPSA) is 118 Å². The number of urea groups is 1. The number of carbonyl (C=O) groups is 1. The van der Waals surface area contributed by atoms with Crippen molar-refractivity contribution in [1.29, 1.82) is 0 Å². The molecule has 0 aliphatic carbocycles. The van der Waals surface area contributed by atoms with Gasteiger partial charge in [0, 0.05) is 30.1 Å². The van der Waals surface area contributed by atoms with Crippen LogP contribution in [0.1, 0.15) is 6.92 Å². The van der Waals surface area contributed by atoms with E-state index in [1.54, 1.807) is 13.3 Å². The molecule has 8 nitrogen and oxygen atoms in total. The molecule has 30 heavy (non-hydrogen) atoms. The molecule has 2 heterocycles.